The number of hydrogen-bond acceptors (Lipinski definition) is 7. The Morgan fingerprint density at radius 2 is 1.02 bits per heavy atom. The van der Waals surface area contributed by atoms with Gasteiger partial charge in [-0.15, -0.1) is 0 Å². The second kappa shape index (κ2) is 33.6. The van der Waals surface area contributed by atoms with Gasteiger partial charge in [-0.2, -0.15) is 0 Å². The van der Waals surface area contributed by atoms with Gasteiger partial charge < -0.3 is 18.9 Å². The van der Waals surface area contributed by atoms with E-state index in [1.165, 1.54) is 96.3 Å². The van der Waals surface area contributed by atoms with Crippen LogP contribution in [0.3, 0.4) is 0 Å². The van der Waals surface area contributed by atoms with Gasteiger partial charge in [-0.05, 0) is 38.5 Å². The van der Waals surface area contributed by atoms with E-state index in [1.54, 1.807) is 0 Å². The van der Waals surface area contributed by atoms with Crippen LogP contribution in [-0.2, 0) is 32.7 Å². The average Bonchev–Trinajstić information content (AvgIpc) is 3.06. The fourth-order valence-electron chi connectivity index (χ4n) is 5.54. The van der Waals surface area contributed by atoms with E-state index in [-0.39, 0.29) is 25.6 Å². The fraction of sp³-hybridized carbons (Fsp3) is 0.900. The van der Waals surface area contributed by atoms with Crippen molar-refractivity contribution in [2.24, 2.45) is 0 Å². The summed E-state index contributed by atoms with van der Waals surface area (Å²) in [5, 5.41) is 0. The summed E-state index contributed by atoms with van der Waals surface area (Å²) < 4.78 is 34.2. The van der Waals surface area contributed by atoms with Gasteiger partial charge in [0.1, 0.15) is 19.8 Å². The highest BCUT2D eigenvalue weighted by atomic mass is 31.2. The number of quaternary nitrogens is 1. The van der Waals surface area contributed by atoms with Crippen molar-refractivity contribution < 1.29 is 42.1 Å². The topological polar surface area (TPSA) is 108 Å². The van der Waals surface area contributed by atoms with Crippen LogP contribution >= 0.6 is 7.82 Å². The van der Waals surface area contributed by atoms with Crippen LogP contribution in [0.15, 0.2) is 12.2 Å². The minimum absolute atomic E-state index is 0.0329. The number of nitrogens with zero attached hydrogens (tertiary/aromatic N) is 1. The summed E-state index contributed by atoms with van der Waals surface area (Å²) in [6, 6.07) is 0. The van der Waals surface area contributed by atoms with Crippen molar-refractivity contribution in [3.05, 3.63) is 12.2 Å². The van der Waals surface area contributed by atoms with Crippen molar-refractivity contribution >= 4 is 19.8 Å². The molecule has 0 rings (SSSR count). The highest BCUT2D eigenvalue weighted by molar-refractivity contribution is 7.47. The predicted molar refractivity (Wildman–Crippen MR) is 206 cm³/mol. The van der Waals surface area contributed by atoms with E-state index in [9.17, 15) is 19.0 Å². The van der Waals surface area contributed by atoms with Crippen LogP contribution in [0.1, 0.15) is 181 Å². The number of allylic oxidation sites excluding steroid dienone is 2. The maximum Gasteiger partial charge on any atom is 0.472 e. The number of likely N-dealkylation sites (N-methyl/N-ethyl adjacent to an activating group) is 1. The Kier molecular flexibility index (Phi) is 32.7. The molecular formula is C40H79NO8P+. The first kappa shape index (κ1) is 48.8. The number of esters is 2. The zero-order chi connectivity index (χ0) is 37.2. The fourth-order valence-corrected chi connectivity index (χ4v) is 6.28. The number of rotatable bonds is 37. The molecule has 0 saturated heterocycles. The van der Waals surface area contributed by atoms with Gasteiger partial charge in [-0.1, -0.05) is 142 Å². The normalized spacial score (nSPS) is 13.8. The van der Waals surface area contributed by atoms with Crippen LogP contribution in [0, 0.1) is 0 Å². The van der Waals surface area contributed by atoms with Gasteiger partial charge in [0, 0.05) is 12.8 Å². The summed E-state index contributed by atoms with van der Waals surface area (Å²) in [5.41, 5.74) is 0. The molecule has 0 aromatic carbocycles. The molecule has 0 aromatic heterocycles. The third-order valence-electron chi connectivity index (χ3n) is 8.80. The lowest BCUT2D eigenvalue weighted by Gasteiger charge is -2.24. The quantitative estimate of drug-likeness (QED) is 0.0221. The molecular weight excluding hydrogens is 653 g/mol. The van der Waals surface area contributed by atoms with Crippen molar-refractivity contribution in [1.29, 1.82) is 0 Å². The van der Waals surface area contributed by atoms with Crippen LogP contribution in [0.25, 0.3) is 0 Å². The van der Waals surface area contributed by atoms with Crippen LogP contribution in [-0.4, -0.2) is 74.9 Å². The molecule has 50 heavy (non-hydrogen) atoms. The molecule has 0 radical (unpaired) electrons. The zero-order valence-electron chi connectivity index (χ0n) is 33.1. The number of carbonyl (C=O) groups excluding carboxylic acids is 2. The average molecular weight is 733 g/mol. The number of phosphoric ester groups is 1. The maximum absolute atomic E-state index is 12.6. The van der Waals surface area contributed by atoms with Crippen LogP contribution in [0.2, 0.25) is 0 Å². The molecule has 2 atom stereocenters. The van der Waals surface area contributed by atoms with E-state index in [0.29, 0.717) is 23.9 Å². The Labute approximate surface area is 307 Å². The van der Waals surface area contributed by atoms with E-state index < -0.39 is 26.5 Å². The Morgan fingerprint density at radius 1 is 0.600 bits per heavy atom. The lowest BCUT2D eigenvalue weighted by atomic mass is 10.0. The highest BCUT2D eigenvalue weighted by Crippen LogP contribution is 2.43. The maximum atomic E-state index is 12.6. The summed E-state index contributed by atoms with van der Waals surface area (Å²) in [6.45, 7) is 4.39. The molecule has 1 N–H and O–H groups in total. The standard InChI is InChI=1S/C40H78NO8P/c1-6-8-10-12-14-16-18-20-21-23-24-26-28-30-32-39(42)46-36-38(37-48-50(44,45)47-35-34-41(3,4)5)49-40(43)33-31-29-27-25-22-19-17-15-13-11-9-7-2/h15,17,38H,6-14,16,18-37H2,1-5H3/p+1/b17-15+/t38-/m1/s1. The van der Waals surface area contributed by atoms with Crippen molar-refractivity contribution in [2.45, 2.75) is 187 Å². The minimum atomic E-state index is -4.36. The summed E-state index contributed by atoms with van der Waals surface area (Å²) in [6.07, 6.45) is 32.5. The number of unbranched alkanes of at least 4 members (excludes halogenated alkanes) is 21. The van der Waals surface area contributed by atoms with Crippen LogP contribution in [0.4, 0.5) is 0 Å². The van der Waals surface area contributed by atoms with Gasteiger partial charge >= 0.3 is 19.8 Å². The number of carbonyl (C=O) groups is 2. The molecule has 0 heterocycles. The number of hydrogen-bond donors (Lipinski definition) is 1. The summed E-state index contributed by atoms with van der Waals surface area (Å²) in [7, 11) is 1.48. The van der Waals surface area contributed by atoms with E-state index in [4.69, 9.17) is 18.5 Å². The van der Waals surface area contributed by atoms with E-state index in [0.717, 1.165) is 51.4 Å². The molecule has 0 bridgehead atoms. The second-order valence-electron chi connectivity index (χ2n) is 15.0. The van der Waals surface area contributed by atoms with Gasteiger partial charge in [0.2, 0.25) is 0 Å². The molecule has 0 aliphatic rings. The first-order chi connectivity index (χ1) is 24.0. The third-order valence-corrected chi connectivity index (χ3v) is 9.78. The molecule has 0 saturated carbocycles. The van der Waals surface area contributed by atoms with Gasteiger partial charge in [0.25, 0.3) is 0 Å². The van der Waals surface area contributed by atoms with Gasteiger partial charge in [-0.25, -0.2) is 4.57 Å². The zero-order valence-corrected chi connectivity index (χ0v) is 34.0. The van der Waals surface area contributed by atoms with Crippen molar-refractivity contribution in [3.63, 3.8) is 0 Å². The summed E-state index contributed by atoms with van der Waals surface area (Å²) in [4.78, 5) is 35.2. The molecule has 0 aliphatic heterocycles. The molecule has 0 spiro atoms. The highest BCUT2D eigenvalue weighted by Gasteiger charge is 2.27. The smallest absolute Gasteiger partial charge is 0.462 e. The minimum Gasteiger partial charge on any atom is -0.462 e. The van der Waals surface area contributed by atoms with E-state index >= 15 is 0 Å². The van der Waals surface area contributed by atoms with Crippen molar-refractivity contribution in [2.75, 3.05) is 47.5 Å². The molecule has 1 unspecified atom stereocenters. The monoisotopic (exact) mass is 733 g/mol. The lowest BCUT2D eigenvalue weighted by molar-refractivity contribution is -0.870. The first-order valence-electron chi connectivity index (χ1n) is 20.4. The van der Waals surface area contributed by atoms with E-state index in [2.05, 4.69) is 26.0 Å². The van der Waals surface area contributed by atoms with Crippen LogP contribution < -0.4 is 0 Å². The Balaban J connectivity index is 4.39. The molecule has 0 amide bonds. The third kappa shape index (κ3) is 36.5. The molecule has 9 nitrogen and oxygen atoms in total. The first-order valence-corrected chi connectivity index (χ1v) is 21.9. The SMILES string of the molecule is CCCCC/C=C/CCCCCCCC(=O)O[C@H](COC(=O)CCCCCCCCCCCCCCCC)COP(=O)(O)OCC[N+](C)(C)C. The predicted octanol–water partition coefficient (Wildman–Crippen LogP) is 11.0. The molecule has 10 heteroatoms. The Hall–Kier alpha value is -1.25. The number of ether oxygens (including phenoxy) is 2. The van der Waals surface area contributed by atoms with Gasteiger partial charge in [0.05, 0.1) is 27.7 Å². The summed E-state index contributed by atoms with van der Waals surface area (Å²) in [5.74, 6) is -0.803. The molecule has 0 aliphatic carbocycles. The van der Waals surface area contributed by atoms with Crippen molar-refractivity contribution in [1.82, 2.24) is 0 Å². The molecule has 0 aromatic rings. The lowest BCUT2D eigenvalue weighted by Crippen LogP contribution is -2.37. The Bertz CT molecular complexity index is 876. The van der Waals surface area contributed by atoms with Crippen molar-refractivity contribution in [3.8, 4) is 0 Å². The Morgan fingerprint density at radius 3 is 1.52 bits per heavy atom. The largest absolute Gasteiger partial charge is 0.472 e. The van der Waals surface area contributed by atoms with Gasteiger partial charge in [-0.3, -0.25) is 18.6 Å². The summed E-state index contributed by atoms with van der Waals surface area (Å²) >= 11 is 0. The molecule has 296 valence electrons. The van der Waals surface area contributed by atoms with Gasteiger partial charge in [0.15, 0.2) is 6.10 Å². The molecule has 0 fully saturated rings. The number of phosphoric acid groups is 1. The van der Waals surface area contributed by atoms with Crippen LogP contribution in [0.5, 0.6) is 0 Å². The second-order valence-corrected chi connectivity index (χ2v) is 16.5. The van der Waals surface area contributed by atoms with E-state index in [1.807, 2.05) is 21.1 Å².